The molecule has 1 aliphatic rings. The van der Waals surface area contributed by atoms with Crippen molar-refractivity contribution in [2.24, 2.45) is 0 Å². The van der Waals surface area contributed by atoms with E-state index in [1.165, 1.54) is 11.1 Å². The van der Waals surface area contributed by atoms with Crippen LogP contribution in [0.2, 0.25) is 19.6 Å². The molecule has 0 saturated carbocycles. The summed E-state index contributed by atoms with van der Waals surface area (Å²) in [4.78, 5) is 0. The number of benzene rings is 1. The van der Waals surface area contributed by atoms with Crippen molar-refractivity contribution in [1.82, 2.24) is 0 Å². The summed E-state index contributed by atoms with van der Waals surface area (Å²) >= 11 is 0. The van der Waals surface area contributed by atoms with E-state index in [9.17, 15) is 0 Å². The molecule has 122 valence electrons. The fourth-order valence-electron chi connectivity index (χ4n) is 2.38. The van der Waals surface area contributed by atoms with Crippen molar-refractivity contribution in [3.05, 3.63) is 53.6 Å². The Morgan fingerprint density at radius 2 is 1.68 bits per heavy atom. The Morgan fingerprint density at radius 3 is 2.18 bits per heavy atom. The predicted octanol–water partition coefficient (Wildman–Crippen LogP) is 5.71. The van der Waals surface area contributed by atoms with E-state index in [0.717, 1.165) is 12.2 Å². The fourth-order valence-corrected chi connectivity index (χ4v) is 3.22. The molecule has 0 aliphatic heterocycles. The molecule has 0 saturated heterocycles. The van der Waals surface area contributed by atoms with Gasteiger partial charge >= 0.3 is 0 Å². The van der Waals surface area contributed by atoms with Crippen molar-refractivity contribution in [3.63, 3.8) is 0 Å². The molecule has 2 rings (SSSR count). The molecule has 0 fully saturated rings. The van der Waals surface area contributed by atoms with Crippen LogP contribution in [0.1, 0.15) is 25.8 Å². The molecule has 0 aromatic heterocycles. The van der Waals surface area contributed by atoms with E-state index in [-0.39, 0.29) is 51.9 Å². The van der Waals surface area contributed by atoms with Gasteiger partial charge < -0.3 is 4.43 Å². The molecule has 22 heavy (non-hydrogen) atoms. The van der Waals surface area contributed by atoms with Crippen LogP contribution < -0.4 is 4.43 Å². The molecule has 1 nitrogen and oxygen atoms in total. The average molecular weight is 392 g/mol. The largest absolute Gasteiger partial charge is 0.544 e. The SMILES string of the molecule is CC(C)(C1=[C-]CC=C1)c1ccccc1O[Si](C)(C)C.Cl.Cl.[Ti]. The van der Waals surface area contributed by atoms with Gasteiger partial charge in [-0.1, -0.05) is 32.0 Å². The van der Waals surface area contributed by atoms with Crippen molar-refractivity contribution in [3.8, 4) is 5.75 Å². The summed E-state index contributed by atoms with van der Waals surface area (Å²) in [5, 5.41) is 0. The summed E-state index contributed by atoms with van der Waals surface area (Å²) < 4.78 is 6.25. The standard InChI is InChI=1S/C17H23OSi.2ClH.Ti/c1-17(2,14-10-6-7-11-14)15-12-8-9-13-16(15)18-19(3,4)5;;;/h6,8-10,12-13H,7H2,1-5H3;2*1H;/q-1;;;. The maximum atomic E-state index is 6.25. The van der Waals surface area contributed by atoms with Gasteiger partial charge in [0, 0.05) is 21.7 Å². The van der Waals surface area contributed by atoms with Crippen LogP contribution >= 0.6 is 24.8 Å². The van der Waals surface area contributed by atoms with Crippen molar-refractivity contribution in [1.29, 1.82) is 0 Å². The van der Waals surface area contributed by atoms with E-state index in [2.05, 4.69) is 76.0 Å². The smallest absolute Gasteiger partial charge is 0.242 e. The van der Waals surface area contributed by atoms with Crippen LogP contribution in [0.4, 0.5) is 0 Å². The van der Waals surface area contributed by atoms with Gasteiger partial charge in [0.15, 0.2) is 0 Å². The summed E-state index contributed by atoms with van der Waals surface area (Å²) in [6.07, 6.45) is 8.72. The number of hydrogen-bond donors (Lipinski definition) is 0. The third-order valence-corrected chi connectivity index (χ3v) is 4.18. The minimum absolute atomic E-state index is 0. The second kappa shape index (κ2) is 9.34. The molecule has 0 heterocycles. The van der Waals surface area contributed by atoms with E-state index in [4.69, 9.17) is 4.43 Å². The first-order valence-corrected chi connectivity index (χ1v) is 10.3. The molecule has 0 N–H and O–H groups in total. The average Bonchev–Trinajstić information content (AvgIpc) is 2.81. The minimum atomic E-state index is -1.60. The third kappa shape index (κ3) is 5.90. The van der Waals surface area contributed by atoms with E-state index in [1.54, 1.807) is 0 Å². The molecule has 0 radical (unpaired) electrons. The van der Waals surface area contributed by atoms with Gasteiger partial charge in [-0.2, -0.15) is 6.08 Å². The Bertz CT molecular complexity index is 534. The zero-order chi connectivity index (χ0) is 14.1. The molecular formula is C17H25Cl2OSiTi-. The topological polar surface area (TPSA) is 9.23 Å². The Morgan fingerprint density at radius 1 is 1.09 bits per heavy atom. The zero-order valence-corrected chi connectivity index (χ0v) is 18.1. The van der Waals surface area contributed by atoms with Crippen LogP contribution in [0.15, 0.2) is 42.0 Å². The van der Waals surface area contributed by atoms with Crippen molar-refractivity contribution in [2.45, 2.75) is 45.3 Å². The summed E-state index contributed by atoms with van der Waals surface area (Å²) in [7, 11) is -1.60. The molecule has 0 unspecified atom stereocenters. The predicted molar refractivity (Wildman–Crippen MR) is 98.5 cm³/mol. The Labute approximate surface area is 163 Å². The van der Waals surface area contributed by atoms with Crippen LogP contribution in [-0.2, 0) is 27.1 Å². The second-order valence-corrected chi connectivity index (χ2v) is 11.0. The third-order valence-electron chi connectivity index (χ3n) is 3.34. The fraction of sp³-hybridized carbons (Fsp3) is 0.412. The van der Waals surface area contributed by atoms with Gasteiger partial charge in [0.1, 0.15) is 5.75 Å². The molecule has 1 aromatic carbocycles. The summed E-state index contributed by atoms with van der Waals surface area (Å²) in [6.45, 7) is 11.2. The van der Waals surface area contributed by atoms with E-state index in [1.807, 2.05) is 0 Å². The monoisotopic (exact) mass is 391 g/mol. The van der Waals surface area contributed by atoms with Crippen molar-refractivity contribution in [2.75, 3.05) is 0 Å². The van der Waals surface area contributed by atoms with Crippen LogP contribution in [-0.4, -0.2) is 8.32 Å². The number of hydrogen-bond acceptors (Lipinski definition) is 1. The van der Waals surface area contributed by atoms with Crippen LogP contribution in [0.3, 0.4) is 0 Å². The number of para-hydroxylation sites is 1. The maximum absolute atomic E-state index is 6.25. The van der Waals surface area contributed by atoms with Gasteiger partial charge in [0.2, 0.25) is 8.32 Å². The Kier molecular flexibility index (Phi) is 10.3. The minimum Gasteiger partial charge on any atom is -0.544 e. The summed E-state index contributed by atoms with van der Waals surface area (Å²) in [5.74, 6) is 1.03. The van der Waals surface area contributed by atoms with Crippen LogP contribution in [0.5, 0.6) is 5.75 Å². The maximum Gasteiger partial charge on any atom is 0.242 e. The van der Waals surface area contributed by atoms with Gasteiger partial charge in [-0.15, -0.1) is 31.2 Å². The molecular weight excluding hydrogens is 367 g/mol. The summed E-state index contributed by atoms with van der Waals surface area (Å²) in [6, 6.07) is 8.41. The number of allylic oxidation sites excluding steroid dienone is 4. The van der Waals surface area contributed by atoms with Gasteiger partial charge in [-0.25, -0.2) is 11.6 Å². The normalized spacial score (nSPS) is 13.4. The second-order valence-electron chi connectivity index (χ2n) is 6.53. The Hall–Kier alpha value is 0.0112. The molecule has 1 aliphatic carbocycles. The quantitative estimate of drug-likeness (QED) is 0.471. The summed E-state index contributed by atoms with van der Waals surface area (Å²) in [5.41, 5.74) is 2.47. The van der Waals surface area contributed by atoms with Crippen molar-refractivity contribution < 1.29 is 26.1 Å². The molecule has 0 atom stereocenters. The van der Waals surface area contributed by atoms with E-state index in [0.29, 0.717) is 0 Å². The number of halogens is 2. The number of rotatable bonds is 4. The molecule has 0 bridgehead atoms. The first kappa shape index (κ1) is 24.3. The van der Waals surface area contributed by atoms with Crippen LogP contribution in [0.25, 0.3) is 0 Å². The van der Waals surface area contributed by atoms with Gasteiger partial charge in [0.25, 0.3) is 0 Å². The first-order chi connectivity index (χ1) is 8.81. The van der Waals surface area contributed by atoms with E-state index >= 15 is 0 Å². The van der Waals surface area contributed by atoms with E-state index < -0.39 is 8.32 Å². The van der Waals surface area contributed by atoms with Crippen molar-refractivity contribution >= 4 is 33.1 Å². The van der Waals surface area contributed by atoms with Gasteiger partial charge in [-0.05, 0) is 36.7 Å². The molecule has 1 aromatic rings. The molecule has 0 amide bonds. The molecule has 5 heteroatoms. The zero-order valence-electron chi connectivity index (χ0n) is 13.9. The first-order valence-electron chi connectivity index (χ1n) is 6.87. The Balaban J connectivity index is 0. The molecule has 0 spiro atoms. The van der Waals surface area contributed by atoms with Gasteiger partial charge in [0.05, 0.1) is 0 Å². The van der Waals surface area contributed by atoms with Crippen LogP contribution in [0, 0.1) is 6.08 Å². The van der Waals surface area contributed by atoms with Gasteiger partial charge in [-0.3, -0.25) is 6.08 Å².